The molecule has 0 bridgehead atoms. The topological polar surface area (TPSA) is 3.24 Å². The smallest absolute Gasteiger partial charge is 0.00413 e. The molecule has 0 saturated heterocycles. The molecule has 0 saturated carbocycles. The Morgan fingerprint density at radius 2 is 2.20 bits per heavy atom. The van der Waals surface area contributed by atoms with E-state index in [4.69, 9.17) is 0 Å². The Kier molecular flexibility index (Phi) is 2.69. The Labute approximate surface area is 63.0 Å². The molecule has 1 nitrogen and oxygen atoms in total. The van der Waals surface area contributed by atoms with Gasteiger partial charge in [-0.3, -0.25) is 0 Å². The van der Waals surface area contributed by atoms with Gasteiger partial charge in [0.25, 0.3) is 0 Å². The van der Waals surface area contributed by atoms with Crippen molar-refractivity contribution in [1.82, 2.24) is 4.90 Å². The van der Waals surface area contributed by atoms with Gasteiger partial charge in [0.2, 0.25) is 0 Å². The van der Waals surface area contributed by atoms with Gasteiger partial charge in [0, 0.05) is 6.54 Å². The lowest BCUT2D eigenvalue weighted by Gasteiger charge is -2.17. The normalized spacial score (nSPS) is 24.1. The molecule has 0 aromatic rings. The van der Waals surface area contributed by atoms with Gasteiger partial charge >= 0.3 is 0 Å². The molecule has 0 fully saturated rings. The molecule has 1 heteroatoms. The maximum absolute atomic E-state index is 2.28. The van der Waals surface area contributed by atoms with E-state index in [1.54, 1.807) is 0 Å². The van der Waals surface area contributed by atoms with Crippen LogP contribution in [0.25, 0.3) is 0 Å². The van der Waals surface area contributed by atoms with Crippen molar-refractivity contribution in [2.75, 3.05) is 20.6 Å². The molecule has 0 amide bonds. The predicted molar refractivity (Wildman–Crippen MR) is 44.9 cm³/mol. The van der Waals surface area contributed by atoms with E-state index in [0.29, 0.717) is 0 Å². The van der Waals surface area contributed by atoms with Crippen LogP contribution in [0.15, 0.2) is 24.3 Å². The lowest BCUT2D eigenvalue weighted by atomic mass is 10.0. The minimum atomic E-state index is 0.736. The van der Waals surface area contributed by atoms with Gasteiger partial charge in [-0.1, -0.05) is 24.3 Å². The highest BCUT2D eigenvalue weighted by atomic mass is 15.1. The van der Waals surface area contributed by atoms with E-state index in [1.807, 2.05) is 0 Å². The molecule has 10 heavy (non-hydrogen) atoms. The Morgan fingerprint density at radius 1 is 1.40 bits per heavy atom. The zero-order chi connectivity index (χ0) is 7.40. The zero-order valence-electron chi connectivity index (χ0n) is 6.75. The van der Waals surface area contributed by atoms with Crippen LogP contribution in [0.3, 0.4) is 0 Å². The van der Waals surface area contributed by atoms with E-state index in [0.717, 1.165) is 5.92 Å². The maximum Gasteiger partial charge on any atom is 0.00413 e. The van der Waals surface area contributed by atoms with Gasteiger partial charge in [0.05, 0.1) is 0 Å². The summed E-state index contributed by atoms with van der Waals surface area (Å²) in [6.07, 6.45) is 9.96. The molecule has 1 unspecified atom stereocenters. The SMILES string of the molecule is CN(C)CC1C=CC=CC1. The Hall–Kier alpha value is -0.560. The lowest BCUT2D eigenvalue weighted by Crippen LogP contribution is -2.20. The minimum Gasteiger partial charge on any atom is -0.309 e. The van der Waals surface area contributed by atoms with Crippen molar-refractivity contribution in [3.63, 3.8) is 0 Å². The van der Waals surface area contributed by atoms with Crippen LogP contribution in [-0.4, -0.2) is 25.5 Å². The fraction of sp³-hybridized carbons (Fsp3) is 0.556. The highest BCUT2D eigenvalue weighted by Gasteiger charge is 2.04. The van der Waals surface area contributed by atoms with Gasteiger partial charge < -0.3 is 4.90 Å². The van der Waals surface area contributed by atoms with E-state index in [2.05, 4.69) is 43.3 Å². The molecule has 0 aromatic heterocycles. The summed E-state index contributed by atoms with van der Waals surface area (Å²) in [6.45, 7) is 1.17. The van der Waals surface area contributed by atoms with Crippen LogP contribution in [0.1, 0.15) is 6.42 Å². The van der Waals surface area contributed by atoms with Crippen LogP contribution in [0.5, 0.6) is 0 Å². The van der Waals surface area contributed by atoms with Crippen LogP contribution in [0.2, 0.25) is 0 Å². The summed E-state index contributed by atoms with van der Waals surface area (Å²) in [6, 6.07) is 0. The summed E-state index contributed by atoms with van der Waals surface area (Å²) in [5, 5.41) is 0. The standard InChI is InChI=1S/C9H15N/c1-10(2)8-9-6-4-3-5-7-9/h3-6,9H,7-8H2,1-2H3. The Balaban J connectivity index is 2.30. The van der Waals surface area contributed by atoms with Crippen LogP contribution in [-0.2, 0) is 0 Å². The first-order valence-electron chi connectivity index (χ1n) is 3.77. The fourth-order valence-corrected chi connectivity index (χ4v) is 1.24. The van der Waals surface area contributed by atoms with Gasteiger partial charge in [-0.15, -0.1) is 0 Å². The van der Waals surface area contributed by atoms with Crippen molar-refractivity contribution < 1.29 is 0 Å². The average Bonchev–Trinajstić information content (AvgIpc) is 1.88. The van der Waals surface area contributed by atoms with Crippen LogP contribution in [0, 0.1) is 5.92 Å². The monoisotopic (exact) mass is 137 g/mol. The van der Waals surface area contributed by atoms with E-state index in [9.17, 15) is 0 Å². The highest BCUT2D eigenvalue weighted by Crippen LogP contribution is 2.11. The van der Waals surface area contributed by atoms with E-state index in [-0.39, 0.29) is 0 Å². The van der Waals surface area contributed by atoms with Crippen LogP contribution < -0.4 is 0 Å². The predicted octanol–water partition coefficient (Wildman–Crippen LogP) is 1.68. The highest BCUT2D eigenvalue weighted by molar-refractivity contribution is 5.11. The number of hydrogen-bond acceptors (Lipinski definition) is 1. The number of rotatable bonds is 2. The summed E-state index contributed by atoms with van der Waals surface area (Å²) >= 11 is 0. The largest absolute Gasteiger partial charge is 0.309 e. The van der Waals surface area contributed by atoms with Crippen molar-refractivity contribution in [3.05, 3.63) is 24.3 Å². The molecule has 0 spiro atoms. The second-order valence-electron chi connectivity index (χ2n) is 3.07. The summed E-state index contributed by atoms with van der Waals surface area (Å²) in [7, 11) is 4.23. The molecule has 56 valence electrons. The summed E-state index contributed by atoms with van der Waals surface area (Å²) in [4.78, 5) is 2.23. The summed E-state index contributed by atoms with van der Waals surface area (Å²) < 4.78 is 0. The first kappa shape index (κ1) is 7.55. The Morgan fingerprint density at radius 3 is 2.70 bits per heavy atom. The molecular formula is C9H15N. The maximum atomic E-state index is 2.28. The second kappa shape index (κ2) is 3.57. The number of allylic oxidation sites excluding steroid dienone is 3. The number of nitrogens with zero attached hydrogens (tertiary/aromatic N) is 1. The third kappa shape index (κ3) is 2.36. The molecule has 0 aliphatic heterocycles. The van der Waals surface area contributed by atoms with Gasteiger partial charge in [-0.2, -0.15) is 0 Å². The molecule has 0 heterocycles. The van der Waals surface area contributed by atoms with E-state index >= 15 is 0 Å². The van der Waals surface area contributed by atoms with Crippen molar-refractivity contribution in [2.45, 2.75) is 6.42 Å². The van der Waals surface area contributed by atoms with Gasteiger partial charge in [0.15, 0.2) is 0 Å². The fourth-order valence-electron chi connectivity index (χ4n) is 1.24. The van der Waals surface area contributed by atoms with Gasteiger partial charge in [-0.05, 0) is 26.4 Å². The number of hydrogen-bond donors (Lipinski definition) is 0. The second-order valence-corrected chi connectivity index (χ2v) is 3.07. The molecule has 1 atom stereocenters. The minimum absolute atomic E-state index is 0.736. The van der Waals surface area contributed by atoms with E-state index < -0.39 is 0 Å². The first-order chi connectivity index (χ1) is 4.79. The van der Waals surface area contributed by atoms with Crippen molar-refractivity contribution in [3.8, 4) is 0 Å². The third-order valence-electron chi connectivity index (χ3n) is 1.67. The molecule has 1 rings (SSSR count). The molecule has 0 N–H and O–H groups in total. The summed E-state index contributed by atoms with van der Waals surface area (Å²) in [5.74, 6) is 0.736. The van der Waals surface area contributed by atoms with Crippen molar-refractivity contribution in [1.29, 1.82) is 0 Å². The Bertz CT molecular complexity index is 145. The molecular weight excluding hydrogens is 122 g/mol. The van der Waals surface area contributed by atoms with E-state index in [1.165, 1.54) is 13.0 Å². The van der Waals surface area contributed by atoms with Crippen LogP contribution >= 0.6 is 0 Å². The molecule has 1 aliphatic carbocycles. The van der Waals surface area contributed by atoms with Gasteiger partial charge in [0.1, 0.15) is 0 Å². The van der Waals surface area contributed by atoms with Gasteiger partial charge in [-0.25, -0.2) is 0 Å². The third-order valence-corrected chi connectivity index (χ3v) is 1.67. The molecule has 1 aliphatic rings. The zero-order valence-corrected chi connectivity index (χ0v) is 6.75. The summed E-state index contributed by atoms with van der Waals surface area (Å²) in [5.41, 5.74) is 0. The van der Waals surface area contributed by atoms with Crippen molar-refractivity contribution >= 4 is 0 Å². The lowest BCUT2D eigenvalue weighted by molar-refractivity contribution is 0.359. The quantitative estimate of drug-likeness (QED) is 0.559. The molecule has 0 aromatic carbocycles. The average molecular weight is 137 g/mol. The first-order valence-corrected chi connectivity index (χ1v) is 3.77. The van der Waals surface area contributed by atoms with Crippen molar-refractivity contribution in [2.24, 2.45) is 5.92 Å². The van der Waals surface area contributed by atoms with Crippen LogP contribution in [0.4, 0.5) is 0 Å². The molecule has 0 radical (unpaired) electrons.